The number of nitro benzene ring substituents is 1. The first-order valence-electron chi connectivity index (χ1n) is 7.24. The minimum Gasteiger partial charge on any atom is -0.328 e. The number of aryl methyl sites for hydroxylation is 1. The first kappa shape index (κ1) is 16.9. The van der Waals surface area contributed by atoms with E-state index in [0.29, 0.717) is 18.7 Å². The summed E-state index contributed by atoms with van der Waals surface area (Å²) in [6.07, 6.45) is 1.69. The Hall–Kier alpha value is -1.51. The van der Waals surface area contributed by atoms with Gasteiger partial charge in [-0.15, -0.1) is 0 Å². The lowest BCUT2D eigenvalue weighted by Gasteiger charge is -2.34. The lowest BCUT2D eigenvalue weighted by Crippen LogP contribution is -2.45. The van der Waals surface area contributed by atoms with E-state index >= 15 is 0 Å². The zero-order valence-electron chi connectivity index (χ0n) is 12.7. The monoisotopic (exact) mass is 327 g/mol. The molecular weight excluding hydrogens is 306 g/mol. The van der Waals surface area contributed by atoms with Gasteiger partial charge in [0.05, 0.1) is 9.82 Å². The van der Waals surface area contributed by atoms with E-state index in [2.05, 4.69) is 0 Å². The second-order valence-corrected chi connectivity index (χ2v) is 7.74. The molecule has 0 radical (unpaired) electrons. The molecule has 0 bridgehead atoms. The van der Waals surface area contributed by atoms with E-state index in [1.807, 2.05) is 6.92 Å². The third-order valence-corrected chi connectivity index (χ3v) is 6.18. The molecular formula is C14H21N3O4S. The molecule has 1 aliphatic heterocycles. The van der Waals surface area contributed by atoms with Crippen LogP contribution >= 0.6 is 0 Å². The zero-order chi connectivity index (χ0) is 16.5. The summed E-state index contributed by atoms with van der Waals surface area (Å²) < 4.78 is 27.0. The molecule has 122 valence electrons. The van der Waals surface area contributed by atoms with Gasteiger partial charge in [0, 0.05) is 31.3 Å². The highest BCUT2D eigenvalue weighted by atomic mass is 32.2. The Kier molecular flexibility index (Phi) is 4.84. The normalized spacial score (nSPS) is 21.5. The number of nitrogens with two attached hydrogens (primary N) is 1. The predicted octanol–water partition coefficient (Wildman–Crippen LogP) is 1.65. The first-order chi connectivity index (χ1) is 10.2. The van der Waals surface area contributed by atoms with E-state index < -0.39 is 14.9 Å². The maximum absolute atomic E-state index is 12.8. The van der Waals surface area contributed by atoms with Gasteiger partial charge in [0.25, 0.3) is 5.69 Å². The van der Waals surface area contributed by atoms with E-state index in [1.54, 1.807) is 6.92 Å². The number of non-ortho nitro benzene ring substituents is 1. The van der Waals surface area contributed by atoms with Crippen LogP contribution in [0.15, 0.2) is 23.1 Å². The minimum atomic E-state index is -3.65. The number of nitrogens with zero attached hydrogens (tertiary/aromatic N) is 2. The molecule has 22 heavy (non-hydrogen) atoms. The van der Waals surface area contributed by atoms with E-state index in [9.17, 15) is 18.5 Å². The van der Waals surface area contributed by atoms with Crippen LogP contribution in [-0.4, -0.2) is 36.8 Å². The van der Waals surface area contributed by atoms with Crippen molar-refractivity contribution in [3.63, 3.8) is 0 Å². The molecule has 1 fully saturated rings. The summed E-state index contributed by atoms with van der Waals surface area (Å²) in [6, 6.07) is 3.78. The molecule has 8 heteroatoms. The van der Waals surface area contributed by atoms with Gasteiger partial charge in [0.2, 0.25) is 10.0 Å². The Morgan fingerprint density at radius 2 is 2.14 bits per heavy atom. The lowest BCUT2D eigenvalue weighted by molar-refractivity contribution is -0.385. The van der Waals surface area contributed by atoms with Crippen molar-refractivity contribution in [2.24, 2.45) is 11.7 Å². The Morgan fingerprint density at radius 1 is 1.45 bits per heavy atom. The molecule has 0 spiro atoms. The standard InChI is InChI=1S/C14H21N3O4S/c1-10-8-13(17(18)19)5-6-14(10)22(20,21)16-7-3-4-12(9-16)11(2)15/h5-6,8,11-12H,3-4,7,9,15H2,1-2H3. The third kappa shape index (κ3) is 3.29. The lowest BCUT2D eigenvalue weighted by atomic mass is 9.93. The van der Waals surface area contributed by atoms with Crippen LogP contribution < -0.4 is 5.73 Å². The molecule has 7 nitrogen and oxygen atoms in total. The largest absolute Gasteiger partial charge is 0.328 e. The van der Waals surface area contributed by atoms with Crippen LogP contribution in [0.25, 0.3) is 0 Å². The van der Waals surface area contributed by atoms with E-state index in [-0.39, 0.29) is 22.5 Å². The average molecular weight is 327 g/mol. The molecule has 2 N–H and O–H groups in total. The maximum Gasteiger partial charge on any atom is 0.269 e. The fourth-order valence-corrected chi connectivity index (χ4v) is 4.54. The number of hydrogen-bond acceptors (Lipinski definition) is 5. The second-order valence-electron chi connectivity index (χ2n) is 5.83. The highest BCUT2D eigenvalue weighted by Crippen LogP contribution is 2.28. The van der Waals surface area contributed by atoms with Crippen LogP contribution in [0.4, 0.5) is 5.69 Å². The first-order valence-corrected chi connectivity index (χ1v) is 8.68. The quantitative estimate of drug-likeness (QED) is 0.668. The van der Waals surface area contributed by atoms with Crippen LogP contribution in [0.2, 0.25) is 0 Å². The maximum atomic E-state index is 12.8. The topological polar surface area (TPSA) is 107 Å². The fraction of sp³-hybridized carbons (Fsp3) is 0.571. The molecule has 0 aliphatic carbocycles. The highest BCUT2D eigenvalue weighted by molar-refractivity contribution is 7.89. The highest BCUT2D eigenvalue weighted by Gasteiger charge is 2.32. The zero-order valence-corrected chi connectivity index (χ0v) is 13.5. The van der Waals surface area contributed by atoms with Crippen molar-refractivity contribution in [1.29, 1.82) is 0 Å². The van der Waals surface area contributed by atoms with E-state index in [0.717, 1.165) is 12.8 Å². The van der Waals surface area contributed by atoms with Gasteiger partial charge in [0.15, 0.2) is 0 Å². The molecule has 2 atom stereocenters. The van der Waals surface area contributed by atoms with Gasteiger partial charge in [-0.25, -0.2) is 8.42 Å². The van der Waals surface area contributed by atoms with Crippen molar-refractivity contribution in [2.45, 2.75) is 37.6 Å². The molecule has 1 aromatic rings. The minimum absolute atomic E-state index is 0.0593. The van der Waals surface area contributed by atoms with Gasteiger partial charge in [0.1, 0.15) is 0 Å². The van der Waals surface area contributed by atoms with Gasteiger partial charge in [-0.1, -0.05) is 0 Å². The molecule has 2 rings (SSSR count). The molecule has 1 aliphatic rings. The van der Waals surface area contributed by atoms with Crippen molar-refractivity contribution in [1.82, 2.24) is 4.31 Å². The van der Waals surface area contributed by atoms with Crippen molar-refractivity contribution >= 4 is 15.7 Å². The Morgan fingerprint density at radius 3 is 2.68 bits per heavy atom. The summed E-state index contributed by atoms with van der Waals surface area (Å²) in [5, 5.41) is 10.8. The Labute approximate surface area is 130 Å². The molecule has 0 amide bonds. The summed E-state index contributed by atoms with van der Waals surface area (Å²) in [6.45, 7) is 4.32. The van der Waals surface area contributed by atoms with Crippen LogP contribution in [0.5, 0.6) is 0 Å². The van der Waals surface area contributed by atoms with Gasteiger partial charge in [-0.3, -0.25) is 10.1 Å². The summed E-state index contributed by atoms with van der Waals surface area (Å²) in [7, 11) is -3.65. The predicted molar refractivity (Wildman–Crippen MR) is 83.0 cm³/mol. The van der Waals surface area contributed by atoms with Crippen LogP contribution in [-0.2, 0) is 10.0 Å². The number of sulfonamides is 1. The fourth-order valence-electron chi connectivity index (χ4n) is 2.80. The average Bonchev–Trinajstić information content (AvgIpc) is 2.46. The van der Waals surface area contributed by atoms with Crippen molar-refractivity contribution in [2.75, 3.05) is 13.1 Å². The smallest absolute Gasteiger partial charge is 0.269 e. The van der Waals surface area contributed by atoms with E-state index in [1.165, 1.54) is 22.5 Å². The molecule has 0 saturated carbocycles. The van der Waals surface area contributed by atoms with E-state index in [4.69, 9.17) is 5.73 Å². The summed E-state index contributed by atoms with van der Waals surface area (Å²) in [5.41, 5.74) is 6.18. The van der Waals surface area contributed by atoms with Gasteiger partial charge >= 0.3 is 0 Å². The number of benzene rings is 1. The summed E-state index contributed by atoms with van der Waals surface area (Å²) in [4.78, 5) is 10.4. The second kappa shape index (κ2) is 6.31. The molecule has 2 unspecified atom stereocenters. The molecule has 1 aromatic carbocycles. The molecule has 1 saturated heterocycles. The SMILES string of the molecule is Cc1cc([N+](=O)[O-])ccc1S(=O)(=O)N1CCCC(C(C)N)C1. The van der Waals surface area contributed by atoms with Crippen LogP contribution in [0, 0.1) is 23.0 Å². The van der Waals surface area contributed by atoms with Gasteiger partial charge in [-0.05, 0) is 44.2 Å². The number of nitro groups is 1. The van der Waals surface area contributed by atoms with Crippen molar-refractivity contribution in [3.05, 3.63) is 33.9 Å². The van der Waals surface area contributed by atoms with Crippen molar-refractivity contribution < 1.29 is 13.3 Å². The Balaban J connectivity index is 2.32. The van der Waals surface area contributed by atoms with Gasteiger partial charge in [-0.2, -0.15) is 4.31 Å². The van der Waals surface area contributed by atoms with Crippen LogP contribution in [0.3, 0.4) is 0 Å². The third-order valence-electron chi connectivity index (χ3n) is 4.15. The Bertz CT molecular complexity index is 673. The molecule has 0 aromatic heterocycles. The van der Waals surface area contributed by atoms with Crippen molar-refractivity contribution in [3.8, 4) is 0 Å². The molecule has 1 heterocycles. The number of piperidine rings is 1. The van der Waals surface area contributed by atoms with Gasteiger partial charge < -0.3 is 5.73 Å². The summed E-state index contributed by atoms with van der Waals surface area (Å²) in [5.74, 6) is 0.141. The number of hydrogen-bond donors (Lipinski definition) is 1. The number of rotatable bonds is 4. The van der Waals surface area contributed by atoms with Crippen LogP contribution in [0.1, 0.15) is 25.3 Å². The summed E-state index contributed by atoms with van der Waals surface area (Å²) >= 11 is 0.